The second-order valence-electron chi connectivity index (χ2n) is 8.31. The van der Waals surface area contributed by atoms with Crippen molar-refractivity contribution in [2.45, 2.75) is 70.0 Å². The van der Waals surface area contributed by atoms with Crippen molar-refractivity contribution < 1.29 is 4.79 Å². The van der Waals surface area contributed by atoms with Crippen molar-refractivity contribution in [3.63, 3.8) is 0 Å². The van der Waals surface area contributed by atoms with E-state index in [-0.39, 0.29) is 6.03 Å². The Labute approximate surface area is 176 Å². The van der Waals surface area contributed by atoms with E-state index in [9.17, 15) is 4.79 Å². The van der Waals surface area contributed by atoms with Crippen LogP contribution in [0.15, 0.2) is 17.2 Å². The van der Waals surface area contributed by atoms with E-state index in [0.717, 1.165) is 49.5 Å². The number of likely N-dealkylation sites (tertiary alicyclic amines) is 1. The number of aromatic nitrogens is 2. The fourth-order valence-corrected chi connectivity index (χ4v) is 5.44. The molecule has 2 N–H and O–H groups in total. The number of aryl methyl sites for hydroxylation is 3. The molecule has 5 rings (SSSR count). The maximum atomic E-state index is 12.7. The van der Waals surface area contributed by atoms with E-state index in [2.05, 4.69) is 39.1 Å². The van der Waals surface area contributed by atoms with E-state index >= 15 is 0 Å². The first-order chi connectivity index (χ1) is 14.2. The molecule has 0 saturated carbocycles. The van der Waals surface area contributed by atoms with Gasteiger partial charge in [0.15, 0.2) is 0 Å². The Balaban J connectivity index is 1.25. The van der Waals surface area contributed by atoms with Gasteiger partial charge in [-0.2, -0.15) is 5.10 Å². The minimum atomic E-state index is -0.153. The lowest BCUT2D eigenvalue weighted by Gasteiger charge is -2.30. The second-order valence-corrected chi connectivity index (χ2v) is 9.14. The van der Waals surface area contributed by atoms with Gasteiger partial charge < -0.3 is 5.32 Å². The summed E-state index contributed by atoms with van der Waals surface area (Å²) in [5.41, 5.74) is 7.89. The van der Waals surface area contributed by atoms with Crippen molar-refractivity contribution in [1.82, 2.24) is 19.4 Å². The van der Waals surface area contributed by atoms with E-state index in [0.29, 0.717) is 0 Å². The Hall–Kier alpha value is -1.99. The van der Waals surface area contributed by atoms with Crippen molar-refractivity contribution in [1.29, 1.82) is 0 Å². The zero-order valence-corrected chi connectivity index (χ0v) is 17.9. The molecule has 0 radical (unpaired) electrons. The number of anilines is 1. The molecule has 1 saturated heterocycles. The summed E-state index contributed by atoms with van der Waals surface area (Å²) in [6.45, 7) is 6.24. The molecule has 2 aliphatic carbocycles. The van der Waals surface area contributed by atoms with Crippen LogP contribution in [0.25, 0.3) is 0 Å². The molecule has 2 aromatic rings. The van der Waals surface area contributed by atoms with Crippen LogP contribution in [0, 0.1) is 0 Å². The Morgan fingerprint density at radius 3 is 2.41 bits per heavy atom. The molecular formula is C22H29N5OS. The fourth-order valence-electron chi connectivity index (χ4n) is 4.85. The summed E-state index contributed by atoms with van der Waals surface area (Å²) in [7, 11) is 0. The van der Waals surface area contributed by atoms with Gasteiger partial charge in [-0.05, 0) is 93.3 Å². The van der Waals surface area contributed by atoms with E-state index in [1.807, 2.05) is 4.68 Å². The highest BCUT2D eigenvalue weighted by Gasteiger charge is 2.25. The van der Waals surface area contributed by atoms with Gasteiger partial charge in [-0.3, -0.25) is 14.3 Å². The highest BCUT2D eigenvalue weighted by molar-refractivity contribution is 7.97. The number of fused-ring (bicyclic) bond motifs is 2. The quantitative estimate of drug-likeness (QED) is 0.708. The lowest BCUT2D eigenvalue weighted by atomic mass is 9.99. The number of carbonyl (C=O) groups excluding carboxylic acids is 1. The third kappa shape index (κ3) is 3.78. The van der Waals surface area contributed by atoms with E-state index < -0.39 is 0 Å². The summed E-state index contributed by atoms with van der Waals surface area (Å²) < 4.78 is 4.99. The van der Waals surface area contributed by atoms with Crippen molar-refractivity contribution in [2.75, 3.05) is 18.4 Å². The van der Waals surface area contributed by atoms with Crippen LogP contribution >= 0.6 is 11.9 Å². The molecule has 2 amide bonds. The number of amides is 2. The zero-order chi connectivity index (χ0) is 19.8. The third-order valence-corrected chi connectivity index (χ3v) is 7.13. The maximum absolute atomic E-state index is 12.7. The third-order valence-electron chi connectivity index (χ3n) is 6.43. The summed E-state index contributed by atoms with van der Waals surface area (Å²) in [6.07, 6.45) is 8.10. The number of nitrogens with one attached hydrogen (secondary N) is 2. The predicted molar refractivity (Wildman–Crippen MR) is 116 cm³/mol. The largest absolute Gasteiger partial charge is 0.329 e. The first-order valence-corrected chi connectivity index (χ1v) is 11.7. The van der Waals surface area contributed by atoms with Gasteiger partial charge in [0.25, 0.3) is 0 Å². The topological polar surface area (TPSA) is 62.2 Å². The van der Waals surface area contributed by atoms with E-state index in [1.54, 1.807) is 0 Å². The average molecular weight is 412 g/mol. The molecule has 0 unspecified atom stereocenters. The number of urea groups is 1. The van der Waals surface area contributed by atoms with Crippen LogP contribution < -0.4 is 10.0 Å². The SMILES string of the molecule is CCn1nc(SNC(=O)Nc2c3c(cc4c2CCC4)CCC3)cc1CN1CCC1. The molecule has 3 aliphatic rings. The van der Waals surface area contributed by atoms with Gasteiger partial charge in [0.2, 0.25) is 0 Å². The molecule has 2 heterocycles. The van der Waals surface area contributed by atoms with Crippen molar-refractivity contribution >= 4 is 23.7 Å². The summed E-state index contributed by atoms with van der Waals surface area (Å²) in [6, 6.07) is 4.34. The summed E-state index contributed by atoms with van der Waals surface area (Å²) >= 11 is 1.30. The molecule has 1 aromatic heterocycles. The lowest BCUT2D eigenvalue weighted by Crippen LogP contribution is -2.36. The maximum Gasteiger partial charge on any atom is 0.329 e. The number of benzene rings is 1. The van der Waals surface area contributed by atoms with Crippen LogP contribution in [0.4, 0.5) is 10.5 Å². The molecule has 1 aliphatic heterocycles. The van der Waals surface area contributed by atoms with Crippen molar-refractivity contribution in [2.24, 2.45) is 0 Å². The molecule has 154 valence electrons. The Morgan fingerprint density at radius 1 is 1.07 bits per heavy atom. The molecule has 0 spiro atoms. The zero-order valence-electron chi connectivity index (χ0n) is 17.1. The average Bonchev–Trinajstić information content (AvgIpc) is 3.41. The van der Waals surface area contributed by atoms with Crippen molar-refractivity contribution in [3.8, 4) is 0 Å². The minimum Gasteiger partial charge on any atom is -0.307 e. The van der Waals surface area contributed by atoms with Gasteiger partial charge in [0, 0.05) is 30.7 Å². The molecule has 7 heteroatoms. The van der Waals surface area contributed by atoms with Gasteiger partial charge in [-0.25, -0.2) is 4.79 Å². The van der Waals surface area contributed by atoms with E-state index in [1.165, 1.54) is 72.2 Å². The van der Waals surface area contributed by atoms with Crippen LogP contribution in [0.2, 0.25) is 0 Å². The smallest absolute Gasteiger partial charge is 0.307 e. The Kier molecular flexibility index (Phi) is 5.26. The Morgan fingerprint density at radius 2 is 1.79 bits per heavy atom. The van der Waals surface area contributed by atoms with Gasteiger partial charge in [0.1, 0.15) is 5.03 Å². The fraction of sp³-hybridized carbons (Fsp3) is 0.545. The molecular weight excluding hydrogens is 382 g/mol. The second kappa shape index (κ2) is 8.03. The highest BCUT2D eigenvalue weighted by atomic mass is 32.2. The van der Waals surface area contributed by atoms with Crippen LogP contribution in [0.5, 0.6) is 0 Å². The first kappa shape index (κ1) is 19.0. The van der Waals surface area contributed by atoms with Gasteiger partial charge in [-0.15, -0.1) is 0 Å². The minimum absolute atomic E-state index is 0.153. The van der Waals surface area contributed by atoms with E-state index in [4.69, 9.17) is 0 Å². The van der Waals surface area contributed by atoms with Gasteiger partial charge in [0.05, 0.1) is 5.69 Å². The first-order valence-electron chi connectivity index (χ1n) is 10.9. The molecule has 0 bridgehead atoms. The monoisotopic (exact) mass is 411 g/mol. The normalized spacial score (nSPS) is 17.7. The summed E-state index contributed by atoms with van der Waals surface area (Å²) in [5, 5.41) is 8.68. The number of hydrogen-bond donors (Lipinski definition) is 2. The number of carbonyl (C=O) groups is 1. The molecule has 0 atom stereocenters. The molecule has 29 heavy (non-hydrogen) atoms. The predicted octanol–water partition coefficient (Wildman–Crippen LogP) is 3.91. The van der Waals surface area contributed by atoms with Crippen LogP contribution in [0.1, 0.15) is 54.1 Å². The lowest BCUT2D eigenvalue weighted by molar-refractivity contribution is 0.167. The number of rotatable bonds is 6. The highest BCUT2D eigenvalue weighted by Crippen LogP contribution is 2.38. The van der Waals surface area contributed by atoms with Gasteiger partial charge >= 0.3 is 6.03 Å². The molecule has 1 aromatic carbocycles. The van der Waals surface area contributed by atoms with Crippen LogP contribution in [0.3, 0.4) is 0 Å². The molecule has 1 fully saturated rings. The Bertz CT molecular complexity index is 902. The van der Waals surface area contributed by atoms with Crippen LogP contribution in [-0.4, -0.2) is 33.8 Å². The standard InChI is InChI=1S/C22H29N5OS/c1-2-27-17(14-26-10-5-11-26)13-20(24-27)29-25-22(28)23-21-18-8-3-6-15(18)12-16-7-4-9-19(16)21/h12-13H,2-11,14H2,1H3,(H2,23,25,28). The van der Waals surface area contributed by atoms with Crippen LogP contribution in [-0.2, 0) is 38.8 Å². The van der Waals surface area contributed by atoms with Gasteiger partial charge in [-0.1, -0.05) is 6.07 Å². The summed E-state index contributed by atoms with van der Waals surface area (Å²) in [5.74, 6) is 0. The number of hydrogen-bond acceptors (Lipinski definition) is 4. The summed E-state index contributed by atoms with van der Waals surface area (Å²) in [4.78, 5) is 15.1. The van der Waals surface area contributed by atoms with Crippen molar-refractivity contribution in [3.05, 3.63) is 40.1 Å². The molecule has 6 nitrogen and oxygen atoms in total. The number of nitrogens with zero attached hydrogens (tertiary/aromatic N) is 3.